The summed E-state index contributed by atoms with van der Waals surface area (Å²) in [4.78, 5) is 0. The van der Waals surface area contributed by atoms with Crippen LogP contribution in [0.25, 0.3) is 11.1 Å². The average molecular weight is 301 g/mol. The first-order valence-corrected chi connectivity index (χ1v) is 7.34. The minimum absolute atomic E-state index is 0.375. The van der Waals surface area contributed by atoms with Crippen molar-refractivity contribution in [2.24, 2.45) is 0 Å². The molecule has 0 aliphatic carbocycles. The Morgan fingerprint density at radius 1 is 1.05 bits per heavy atom. The van der Waals surface area contributed by atoms with Crippen LogP contribution < -0.4 is 14.8 Å². The Bertz CT molecular complexity index is 597. The number of rotatable bonds is 7. The van der Waals surface area contributed by atoms with Gasteiger partial charge in [0.05, 0.1) is 20.3 Å². The Balaban J connectivity index is 2.39. The molecular weight excluding hydrogens is 278 g/mol. The number of methoxy groups -OCH3 is 2. The molecule has 0 fully saturated rings. The maximum Gasteiger partial charge on any atom is 0.161 e. The molecule has 2 aromatic carbocycles. The molecule has 0 amide bonds. The van der Waals surface area contributed by atoms with Crippen molar-refractivity contribution in [2.45, 2.75) is 19.6 Å². The van der Waals surface area contributed by atoms with Gasteiger partial charge in [0.2, 0.25) is 0 Å². The van der Waals surface area contributed by atoms with Gasteiger partial charge in [0.25, 0.3) is 0 Å². The largest absolute Gasteiger partial charge is 0.493 e. The maximum absolute atomic E-state index is 9.39. The van der Waals surface area contributed by atoms with E-state index in [4.69, 9.17) is 9.47 Å². The molecule has 0 saturated heterocycles. The molecule has 0 bridgehead atoms. The van der Waals surface area contributed by atoms with Gasteiger partial charge in [-0.1, -0.05) is 30.3 Å². The molecule has 0 aromatic heterocycles. The lowest BCUT2D eigenvalue weighted by atomic mass is 9.98. The number of nitrogens with one attached hydrogen (secondary N) is 1. The number of aliphatic hydroxyl groups excluding tert-OH is 1. The van der Waals surface area contributed by atoms with E-state index in [9.17, 15) is 5.11 Å². The van der Waals surface area contributed by atoms with Gasteiger partial charge in [-0.25, -0.2) is 0 Å². The lowest BCUT2D eigenvalue weighted by Crippen LogP contribution is -2.24. The molecule has 1 unspecified atom stereocenters. The van der Waals surface area contributed by atoms with Crippen molar-refractivity contribution in [3.63, 3.8) is 0 Å². The van der Waals surface area contributed by atoms with Crippen LogP contribution in [0.2, 0.25) is 0 Å². The third kappa shape index (κ3) is 4.00. The fourth-order valence-corrected chi connectivity index (χ4v) is 2.37. The van der Waals surface area contributed by atoms with Crippen molar-refractivity contribution >= 4 is 0 Å². The maximum atomic E-state index is 9.39. The van der Waals surface area contributed by atoms with Gasteiger partial charge in [0, 0.05) is 13.1 Å². The molecule has 0 heterocycles. The van der Waals surface area contributed by atoms with Gasteiger partial charge >= 0.3 is 0 Å². The summed E-state index contributed by atoms with van der Waals surface area (Å²) in [7, 11) is 3.27. The average Bonchev–Trinajstić information content (AvgIpc) is 2.54. The summed E-state index contributed by atoms with van der Waals surface area (Å²) in [6, 6.07) is 14.1. The third-order valence-corrected chi connectivity index (χ3v) is 3.45. The summed E-state index contributed by atoms with van der Waals surface area (Å²) < 4.78 is 10.8. The van der Waals surface area contributed by atoms with Crippen LogP contribution in [-0.2, 0) is 6.54 Å². The number of hydrogen-bond acceptors (Lipinski definition) is 4. The van der Waals surface area contributed by atoms with Gasteiger partial charge in [-0.2, -0.15) is 0 Å². The Morgan fingerprint density at radius 3 is 2.27 bits per heavy atom. The first-order chi connectivity index (χ1) is 10.7. The van der Waals surface area contributed by atoms with Crippen LogP contribution in [0.3, 0.4) is 0 Å². The number of ether oxygens (including phenoxy) is 2. The SMILES string of the molecule is COc1cc(CNCC(C)O)c(-c2ccccc2)cc1OC. The molecule has 0 spiro atoms. The third-order valence-electron chi connectivity index (χ3n) is 3.45. The van der Waals surface area contributed by atoms with Crippen LogP contribution in [0.4, 0.5) is 0 Å². The van der Waals surface area contributed by atoms with Gasteiger partial charge in [-0.15, -0.1) is 0 Å². The van der Waals surface area contributed by atoms with Crippen LogP contribution >= 0.6 is 0 Å². The van der Waals surface area contributed by atoms with Crippen molar-refractivity contribution < 1.29 is 14.6 Å². The van der Waals surface area contributed by atoms with E-state index in [1.54, 1.807) is 21.1 Å². The first kappa shape index (κ1) is 16.3. The summed E-state index contributed by atoms with van der Waals surface area (Å²) in [5, 5.41) is 12.6. The normalized spacial score (nSPS) is 12.0. The highest BCUT2D eigenvalue weighted by Gasteiger charge is 2.12. The molecule has 0 aliphatic heterocycles. The Kier molecular flexibility index (Phi) is 5.81. The van der Waals surface area contributed by atoms with E-state index >= 15 is 0 Å². The van der Waals surface area contributed by atoms with E-state index < -0.39 is 0 Å². The second kappa shape index (κ2) is 7.82. The van der Waals surface area contributed by atoms with Gasteiger partial charge < -0.3 is 19.9 Å². The quantitative estimate of drug-likeness (QED) is 0.825. The zero-order chi connectivity index (χ0) is 15.9. The van der Waals surface area contributed by atoms with E-state index in [1.807, 2.05) is 30.3 Å². The van der Waals surface area contributed by atoms with Crippen molar-refractivity contribution in [3.8, 4) is 22.6 Å². The molecule has 1 atom stereocenters. The van der Waals surface area contributed by atoms with Crippen molar-refractivity contribution in [2.75, 3.05) is 20.8 Å². The molecular formula is C18H23NO3. The van der Waals surface area contributed by atoms with Crippen LogP contribution in [0.5, 0.6) is 11.5 Å². The van der Waals surface area contributed by atoms with Crippen molar-refractivity contribution in [1.29, 1.82) is 0 Å². The molecule has 0 radical (unpaired) electrons. The molecule has 2 rings (SSSR count). The molecule has 0 saturated carbocycles. The Hall–Kier alpha value is -2.04. The minimum atomic E-state index is -0.375. The van der Waals surface area contributed by atoms with Gasteiger partial charge in [0.15, 0.2) is 11.5 Å². The second-order valence-corrected chi connectivity index (χ2v) is 5.21. The van der Waals surface area contributed by atoms with E-state index in [1.165, 1.54) is 0 Å². The molecule has 4 heteroatoms. The van der Waals surface area contributed by atoms with E-state index in [0.717, 1.165) is 16.7 Å². The van der Waals surface area contributed by atoms with Gasteiger partial charge in [-0.3, -0.25) is 0 Å². The summed E-state index contributed by atoms with van der Waals surface area (Å²) in [5.41, 5.74) is 3.32. The van der Waals surface area contributed by atoms with E-state index in [0.29, 0.717) is 24.6 Å². The van der Waals surface area contributed by atoms with Crippen LogP contribution in [0.15, 0.2) is 42.5 Å². The van der Waals surface area contributed by atoms with Crippen LogP contribution in [0.1, 0.15) is 12.5 Å². The molecule has 2 N–H and O–H groups in total. The highest BCUT2D eigenvalue weighted by Crippen LogP contribution is 2.35. The Morgan fingerprint density at radius 2 is 1.68 bits per heavy atom. The zero-order valence-electron chi connectivity index (χ0n) is 13.3. The lowest BCUT2D eigenvalue weighted by Gasteiger charge is -2.16. The van der Waals surface area contributed by atoms with Crippen molar-refractivity contribution in [1.82, 2.24) is 5.32 Å². The molecule has 2 aromatic rings. The highest BCUT2D eigenvalue weighted by atomic mass is 16.5. The fraction of sp³-hybridized carbons (Fsp3) is 0.333. The second-order valence-electron chi connectivity index (χ2n) is 5.21. The smallest absolute Gasteiger partial charge is 0.161 e. The predicted molar refractivity (Wildman–Crippen MR) is 88.4 cm³/mol. The molecule has 118 valence electrons. The van der Waals surface area contributed by atoms with Crippen LogP contribution in [-0.4, -0.2) is 32.0 Å². The summed E-state index contributed by atoms with van der Waals surface area (Å²) in [6.07, 6.45) is -0.375. The monoisotopic (exact) mass is 301 g/mol. The summed E-state index contributed by atoms with van der Waals surface area (Å²) in [5.74, 6) is 1.41. The highest BCUT2D eigenvalue weighted by molar-refractivity contribution is 5.71. The lowest BCUT2D eigenvalue weighted by molar-refractivity contribution is 0.191. The molecule has 0 aliphatic rings. The number of aliphatic hydroxyl groups is 1. The summed E-state index contributed by atoms with van der Waals surface area (Å²) >= 11 is 0. The van der Waals surface area contributed by atoms with E-state index in [2.05, 4.69) is 17.4 Å². The minimum Gasteiger partial charge on any atom is -0.493 e. The molecule has 4 nitrogen and oxygen atoms in total. The topological polar surface area (TPSA) is 50.7 Å². The fourth-order valence-electron chi connectivity index (χ4n) is 2.37. The first-order valence-electron chi connectivity index (χ1n) is 7.34. The Labute approximate surface area is 131 Å². The van der Waals surface area contributed by atoms with Crippen molar-refractivity contribution in [3.05, 3.63) is 48.0 Å². The predicted octanol–water partition coefficient (Wildman–Crippen LogP) is 2.84. The zero-order valence-corrected chi connectivity index (χ0v) is 13.3. The van der Waals surface area contributed by atoms with Gasteiger partial charge in [-0.05, 0) is 35.7 Å². The summed E-state index contributed by atoms with van der Waals surface area (Å²) in [6.45, 7) is 2.96. The van der Waals surface area contributed by atoms with E-state index in [-0.39, 0.29) is 6.10 Å². The number of hydrogen-bond donors (Lipinski definition) is 2. The van der Waals surface area contributed by atoms with Crippen LogP contribution in [0, 0.1) is 0 Å². The van der Waals surface area contributed by atoms with Gasteiger partial charge in [0.1, 0.15) is 0 Å². The number of benzene rings is 2. The molecule has 22 heavy (non-hydrogen) atoms. The standard InChI is InChI=1S/C18H23NO3/c1-13(20)11-19-12-15-9-17(21-2)18(22-3)10-16(15)14-7-5-4-6-8-14/h4-10,13,19-20H,11-12H2,1-3H3.